The molecule has 0 heterocycles. The Kier molecular flexibility index (Phi) is 42.1. The molecule has 0 aromatic heterocycles. The second-order valence-electron chi connectivity index (χ2n) is 3.65. The minimum Gasteiger partial charge on any atom is -0.0985 e. The quantitative estimate of drug-likeness (QED) is 0.525. The molecule has 0 aliphatic carbocycles. The Balaban J connectivity index is -0.000000112. The summed E-state index contributed by atoms with van der Waals surface area (Å²) in [4.78, 5) is 0. The van der Waals surface area contributed by atoms with Gasteiger partial charge in [0.05, 0.1) is 0 Å². The zero-order chi connectivity index (χ0) is 17.5. The lowest BCUT2D eigenvalue weighted by Crippen LogP contribution is -1.78. The van der Waals surface area contributed by atoms with Crippen LogP contribution in [0.4, 0.5) is 0 Å². The fourth-order valence-corrected chi connectivity index (χ4v) is 1.24. The van der Waals surface area contributed by atoms with Gasteiger partial charge in [0.1, 0.15) is 0 Å². The maximum atomic E-state index is 3.69. The van der Waals surface area contributed by atoms with Crippen LogP contribution in [0.15, 0.2) is 30.8 Å². The maximum absolute atomic E-state index is 3.69. The molecule has 0 unspecified atom stereocenters. The van der Waals surface area contributed by atoms with Crippen molar-refractivity contribution < 1.29 is 0 Å². The zero-order valence-electron chi connectivity index (χ0n) is 16.4. The third-order valence-corrected chi connectivity index (χ3v) is 2.33. The molecular weight excluding hydrogens is 252 g/mol. The Morgan fingerprint density at radius 2 is 1.14 bits per heavy atom. The van der Waals surface area contributed by atoms with E-state index in [2.05, 4.69) is 51.6 Å². The first kappa shape index (κ1) is 28.2. The van der Waals surface area contributed by atoms with Crippen LogP contribution in [0.5, 0.6) is 0 Å². The molecule has 0 fully saturated rings. The van der Waals surface area contributed by atoms with E-state index < -0.39 is 0 Å². The minimum atomic E-state index is 1.11. The molecule has 0 nitrogen and oxygen atoms in total. The largest absolute Gasteiger partial charge is 0.0985 e. The van der Waals surface area contributed by atoms with Gasteiger partial charge in [-0.05, 0) is 17.5 Å². The van der Waals surface area contributed by atoms with E-state index in [4.69, 9.17) is 0 Å². The summed E-state index contributed by atoms with van der Waals surface area (Å²) >= 11 is 0. The predicted molar refractivity (Wildman–Crippen MR) is 105 cm³/mol. The van der Waals surface area contributed by atoms with Gasteiger partial charge < -0.3 is 0 Å². The van der Waals surface area contributed by atoms with Gasteiger partial charge in [-0.3, -0.25) is 0 Å². The molecule has 0 spiro atoms. The van der Waals surface area contributed by atoms with Gasteiger partial charge in [0.25, 0.3) is 0 Å². The van der Waals surface area contributed by atoms with Gasteiger partial charge >= 0.3 is 0 Å². The Hall–Kier alpha value is -1.04. The van der Waals surface area contributed by atoms with E-state index in [9.17, 15) is 0 Å². The van der Waals surface area contributed by atoms with E-state index in [-0.39, 0.29) is 0 Å². The molecule has 0 saturated carbocycles. The fraction of sp³-hybridized carbons (Fsp3) is 0.619. The highest BCUT2D eigenvalue weighted by Crippen LogP contribution is 2.05. The Bertz CT molecular complexity index is 241. The maximum Gasteiger partial charge on any atom is -0.0262 e. The summed E-state index contributed by atoms with van der Waals surface area (Å²) < 4.78 is 0. The molecule has 0 aliphatic heterocycles. The van der Waals surface area contributed by atoms with Gasteiger partial charge in [0.15, 0.2) is 0 Å². The third-order valence-electron chi connectivity index (χ3n) is 2.33. The van der Waals surface area contributed by atoms with E-state index in [0.29, 0.717) is 0 Å². The highest BCUT2D eigenvalue weighted by Gasteiger charge is 1.86. The lowest BCUT2D eigenvalue weighted by molar-refractivity contribution is 0.772. The minimum absolute atomic E-state index is 1.11. The molecule has 1 aromatic carbocycles. The van der Waals surface area contributed by atoms with Crippen molar-refractivity contribution in [3.8, 4) is 0 Å². The summed E-state index contributed by atoms with van der Waals surface area (Å²) in [7, 11) is 0. The zero-order valence-corrected chi connectivity index (χ0v) is 16.4. The molecule has 21 heavy (non-hydrogen) atoms. The number of hydrogen-bond acceptors (Lipinski definition) is 0. The van der Waals surface area contributed by atoms with Gasteiger partial charge in [-0.15, -0.1) is 0 Å². The molecule has 126 valence electrons. The first-order chi connectivity index (χ1) is 10.3. The molecule has 0 radical (unpaired) electrons. The van der Waals surface area contributed by atoms with E-state index in [1.54, 1.807) is 0 Å². The van der Waals surface area contributed by atoms with E-state index in [1.165, 1.54) is 30.4 Å². The van der Waals surface area contributed by atoms with Gasteiger partial charge in [-0.1, -0.05) is 118 Å². The molecule has 0 bridgehead atoms. The first-order valence-electron chi connectivity index (χ1n) is 8.99. The van der Waals surface area contributed by atoms with Crippen LogP contribution < -0.4 is 0 Å². The van der Waals surface area contributed by atoms with Crippen LogP contribution in [-0.4, -0.2) is 0 Å². The third kappa shape index (κ3) is 24.4. The number of hydrogen-bond donors (Lipinski definition) is 0. The average Bonchev–Trinajstić information content (AvgIpc) is 2.61. The molecule has 1 aromatic rings. The van der Waals surface area contributed by atoms with Crippen molar-refractivity contribution in [3.63, 3.8) is 0 Å². The average molecular weight is 295 g/mol. The summed E-state index contributed by atoms with van der Waals surface area (Å²) in [6, 6.07) is 8.45. The second kappa shape index (κ2) is 31.4. The number of rotatable bonds is 4. The monoisotopic (exact) mass is 294 g/mol. The summed E-state index contributed by atoms with van der Waals surface area (Å²) in [6.45, 7) is 22.3. The van der Waals surface area contributed by atoms with Crippen LogP contribution in [0.3, 0.4) is 0 Å². The van der Waals surface area contributed by atoms with Crippen LogP contribution in [0.2, 0.25) is 0 Å². The van der Waals surface area contributed by atoms with Gasteiger partial charge in [-0.2, -0.15) is 0 Å². The fourth-order valence-electron chi connectivity index (χ4n) is 1.24. The van der Waals surface area contributed by atoms with Crippen LogP contribution >= 0.6 is 0 Å². The topological polar surface area (TPSA) is 0 Å². The molecular formula is C21H42. The summed E-state index contributed by atoms with van der Waals surface area (Å²) in [6.07, 6.45) is 7.05. The summed E-state index contributed by atoms with van der Waals surface area (Å²) in [5, 5.41) is 0. The van der Waals surface area contributed by atoms with Crippen molar-refractivity contribution in [2.75, 3.05) is 0 Å². The molecule has 0 amide bonds. The van der Waals surface area contributed by atoms with Crippen LogP contribution in [0.1, 0.15) is 92.7 Å². The summed E-state index contributed by atoms with van der Waals surface area (Å²) in [5.74, 6) is 0. The van der Waals surface area contributed by atoms with Gasteiger partial charge in [0, 0.05) is 0 Å². The van der Waals surface area contributed by atoms with Crippen molar-refractivity contribution in [2.45, 2.75) is 88.0 Å². The van der Waals surface area contributed by atoms with Crippen molar-refractivity contribution in [2.24, 2.45) is 0 Å². The molecule has 0 aliphatic rings. The SMILES string of the molecule is C=Cc1ccc(CC)cc1.CC.CC.CC.CCCCC. The standard InChI is InChI=1S/C10H12.C5H12.3C2H6/c1-3-9-5-7-10(4-2)8-6-9;1-3-5-4-2;3*1-2/h3,5-8H,1,4H2,2H3;3-5H2,1-2H3;3*1-2H3. The lowest BCUT2D eigenvalue weighted by Gasteiger charge is -1.95. The number of aryl methyl sites for hydroxylation is 1. The Labute approximate surface area is 136 Å². The van der Waals surface area contributed by atoms with Crippen LogP contribution in [0.25, 0.3) is 6.08 Å². The van der Waals surface area contributed by atoms with Gasteiger partial charge in [-0.25, -0.2) is 0 Å². The molecule has 1 rings (SSSR count). The molecule has 0 atom stereocenters. The molecule has 0 saturated heterocycles. The Morgan fingerprint density at radius 3 is 1.33 bits per heavy atom. The van der Waals surface area contributed by atoms with Crippen molar-refractivity contribution in [1.29, 1.82) is 0 Å². The van der Waals surface area contributed by atoms with Gasteiger partial charge in [0.2, 0.25) is 0 Å². The Morgan fingerprint density at radius 1 is 0.762 bits per heavy atom. The van der Waals surface area contributed by atoms with Crippen LogP contribution in [0, 0.1) is 0 Å². The second-order valence-corrected chi connectivity index (χ2v) is 3.65. The summed E-state index contributed by atoms with van der Waals surface area (Å²) in [5.41, 5.74) is 2.57. The highest BCUT2D eigenvalue weighted by molar-refractivity contribution is 5.47. The number of unbranched alkanes of at least 4 members (excludes halogenated alkanes) is 2. The number of benzene rings is 1. The lowest BCUT2D eigenvalue weighted by atomic mass is 10.1. The smallest absolute Gasteiger partial charge is 0.0262 e. The van der Waals surface area contributed by atoms with E-state index in [1.807, 2.05) is 47.6 Å². The normalized spacial score (nSPS) is 7.29. The van der Waals surface area contributed by atoms with Crippen molar-refractivity contribution in [3.05, 3.63) is 42.0 Å². The van der Waals surface area contributed by atoms with Crippen molar-refractivity contribution in [1.82, 2.24) is 0 Å². The molecule has 0 N–H and O–H groups in total. The van der Waals surface area contributed by atoms with Crippen LogP contribution in [-0.2, 0) is 6.42 Å². The predicted octanol–water partition coefficient (Wildman–Crippen LogP) is 8.17. The molecule has 0 heteroatoms. The first-order valence-corrected chi connectivity index (χ1v) is 8.99. The van der Waals surface area contributed by atoms with Crippen molar-refractivity contribution >= 4 is 6.08 Å². The van der Waals surface area contributed by atoms with E-state index in [0.717, 1.165) is 6.42 Å². The highest BCUT2D eigenvalue weighted by atomic mass is 13.9. The van der Waals surface area contributed by atoms with E-state index >= 15 is 0 Å².